The van der Waals surface area contributed by atoms with Crippen molar-refractivity contribution in [3.63, 3.8) is 0 Å². The average molecular weight is 397 g/mol. The summed E-state index contributed by atoms with van der Waals surface area (Å²) >= 11 is 0. The molecule has 160 valence electrons. The van der Waals surface area contributed by atoms with Crippen molar-refractivity contribution in [3.8, 4) is 0 Å². The molecule has 3 rings (SSSR count). The number of anilines is 1. The number of nitrogens with zero attached hydrogens (tertiary/aromatic N) is 1. The summed E-state index contributed by atoms with van der Waals surface area (Å²) < 4.78 is 0. The summed E-state index contributed by atoms with van der Waals surface area (Å²) in [5.74, 6) is 0. The van der Waals surface area contributed by atoms with Crippen molar-refractivity contribution in [2.45, 2.75) is 71.9 Å². The summed E-state index contributed by atoms with van der Waals surface area (Å²) in [4.78, 5) is 2.35. The van der Waals surface area contributed by atoms with Crippen molar-refractivity contribution in [2.75, 3.05) is 32.5 Å². The lowest BCUT2D eigenvalue weighted by Crippen LogP contribution is -2.40. The van der Waals surface area contributed by atoms with E-state index in [4.69, 9.17) is 0 Å². The Morgan fingerprint density at radius 1 is 1.07 bits per heavy atom. The normalized spacial score (nSPS) is 18.7. The SMILES string of the molecule is CCNC1=CC(Nc2ccc(CCCCCNC)c3c2CCC3)N(C)C(C)=C1C. The molecule has 1 atom stereocenters. The highest BCUT2D eigenvalue weighted by Crippen LogP contribution is 2.34. The molecule has 0 saturated carbocycles. The van der Waals surface area contributed by atoms with Crippen LogP contribution in [-0.2, 0) is 19.3 Å². The highest BCUT2D eigenvalue weighted by Gasteiger charge is 2.24. The summed E-state index contributed by atoms with van der Waals surface area (Å²) in [6.45, 7) is 8.67. The number of hydrogen-bond donors (Lipinski definition) is 3. The molecule has 0 amide bonds. The molecule has 29 heavy (non-hydrogen) atoms. The summed E-state index contributed by atoms with van der Waals surface area (Å²) in [5.41, 5.74) is 10.0. The Balaban J connectivity index is 1.74. The molecular formula is C25H40N4. The highest BCUT2D eigenvalue weighted by atomic mass is 15.3. The van der Waals surface area contributed by atoms with Gasteiger partial charge < -0.3 is 20.9 Å². The third-order valence-electron chi connectivity index (χ3n) is 6.64. The molecule has 0 bridgehead atoms. The van der Waals surface area contributed by atoms with Crippen molar-refractivity contribution >= 4 is 5.69 Å². The van der Waals surface area contributed by atoms with Gasteiger partial charge in [0.1, 0.15) is 6.17 Å². The molecule has 0 spiro atoms. The van der Waals surface area contributed by atoms with E-state index in [1.165, 1.54) is 67.6 Å². The van der Waals surface area contributed by atoms with E-state index in [1.54, 1.807) is 16.7 Å². The second-order valence-electron chi connectivity index (χ2n) is 8.52. The molecule has 4 heteroatoms. The molecule has 1 aliphatic heterocycles. The molecule has 4 nitrogen and oxygen atoms in total. The van der Waals surface area contributed by atoms with E-state index in [9.17, 15) is 0 Å². The van der Waals surface area contributed by atoms with E-state index < -0.39 is 0 Å². The van der Waals surface area contributed by atoms with Crippen LogP contribution in [0.15, 0.2) is 35.2 Å². The van der Waals surface area contributed by atoms with Gasteiger partial charge >= 0.3 is 0 Å². The van der Waals surface area contributed by atoms with Gasteiger partial charge in [-0.15, -0.1) is 0 Å². The summed E-state index contributed by atoms with van der Waals surface area (Å²) in [6, 6.07) is 4.72. The van der Waals surface area contributed by atoms with Crippen molar-refractivity contribution in [2.24, 2.45) is 0 Å². The third kappa shape index (κ3) is 4.98. The first kappa shape index (κ1) is 21.8. The van der Waals surface area contributed by atoms with E-state index in [1.807, 2.05) is 7.05 Å². The molecule has 1 aromatic rings. The van der Waals surface area contributed by atoms with Crippen LogP contribution >= 0.6 is 0 Å². The van der Waals surface area contributed by atoms with Crippen LogP contribution in [0.3, 0.4) is 0 Å². The predicted octanol–water partition coefficient (Wildman–Crippen LogP) is 4.58. The van der Waals surface area contributed by atoms with Crippen LogP contribution in [0, 0.1) is 0 Å². The Labute approximate surface area is 177 Å². The number of rotatable bonds is 10. The standard InChI is InChI=1S/C25H40N4/c1-6-27-24-17-25(29(5)19(3)18(24)2)28-23-15-14-20(11-8-7-9-16-26-4)21-12-10-13-22(21)23/h14-15,17,25-28H,6-13,16H2,1-5H3. The minimum Gasteiger partial charge on any atom is -0.385 e. The lowest BCUT2D eigenvalue weighted by molar-refractivity contribution is 0.367. The number of allylic oxidation sites excluding steroid dienone is 2. The largest absolute Gasteiger partial charge is 0.385 e. The number of likely N-dealkylation sites (N-methyl/N-ethyl adjacent to an activating group) is 2. The fourth-order valence-electron chi connectivity index (χ4n) is 4.69. The van der Waals surface area contributed by atoms with E-state index in [-0.39, 0.29) is 6.17 Å². The first-order valence-electron chi connectivity index (χ1n) is 11.5. The molecule has 0 radical (unpaired) electrons. The van der Waals surface area contributed by atoms with Crippen LogP contribution in [0.5, 0.6) is 0 Å². The molecule has 3 N–H and O–H groups in total. The van der Waals surface area contributed by atoms with E-state index in [0.29, 0.717) is 0 Å². The van der Waals surface area contributed by atoms with Gasteiger partial charge in [-0.2, -0.15) is 0 Å². The van der Waals surface area contributed by atoms with Gasteiger partial charge in [0.25, 0.3) is 0 Å². The zero-order valence-electron chi connectivity index (χ0n) is 19.1. The van der Waals surface area contributed by atoms with Gasteiger partial charge in [-0.05, 0) is 107 Å². The Hall–Kier alpha value is -1.94. The van der Waals surface area contributed by atoms with Crippen LogP contribution in [0.1, 0.15) is 63.1 Å². The number of unbranched alkanes of at least 4 members (excludes halogenated alkanes) is 2. The van der Waals surface area contributed by atoms with Crippen molar-refractivity contribution in [1.82, 2.24) is 15.5 Å². The number of hydrogen-bond acceptors (Lipinski definition) is 4. The average Bonchev–Trinajstić information content (AvgIpc) is 3.21. The van der Waals surface area contributed by atoms with Crippen LogP contribution in [-0.4, -0.2) is 38.3 Å². The second kappa shape index (κ2) is 10.2. The van der Waals surface area contributed by atoms with Crippen LogP contribution < -0.4 is 16.0 Å². The van der Waals surface area contributed by atoms with E-state index >= 15 is 0 Å². The topological polar surface area (TPSA) is 39.3 Å². The molecular weight excluding hydrogens is 356 g/mol. The Morgan fingerprint density at radius 3 is 2.62 bits per heavy atom. The van der Waals surface area contributed by atoms with Crippen LogP contribution in [0.2, 0.25) is 0 Å². The third-order valence-corrected chi connectivity index (χ3v) is 6.64. The number of benzene rings is 1. The fraction of sp³-hybridized carbons (Fsp3) is 0.600. The van der Waals surface area contributed by atoms with Gasteiger partial charge in [0, 0.05) is 30.7 Å². The van der Waals surface area contributed by atoms with Gasteiger partial charge in [-0.25, -0.2) is 0 Å². The first-order chi connectivity index (χ1) is 14.1. The zero-order chi connectivity index (χ0) is 20.8. The van der Waals surface area contributed by atoms with E-state index in [2.05, 4.69) is 66.9 Å². The van der Waals surface area contributed by atoms with Gasteiger partial charge in [-0.1, -0.05) is 12.5 Å². The Bertz CT molecular complexity index is 762. The number of fused-ring (bicyclic) bond motifs is 1. The van der Waals surface area contributed by atoms with E-state index in [0.717, 1.165) is 13.1 Å². The summed E-state index contributed by atoms with van der Waals surface area (Å²) in [6.07, 6.45) is 11.4. The molecule has 2 aliphatic rings. The number of aryl methyl sites for hydroxylation is 1. The van der Waals surface area contributed by atoms with Gasteiger partial charge in [-0.3, -0.25) is 0 Å². The van der Waals surface area contributed by atoms with Crippen molar-refractivity contribution in [1.29, 1.82) is 0 Å². The van der Waals surface area contributed by atoms with Crippen molar-refractivity contribution < 1.29 is 0 Å². The summed E-state index contributed by atoms with van der Waals surface area (Å²) in [7, 11) is 4.23. The summed E-state index contributed by atoms with van der Waals surface area (Å²) in [5, 5.41) is 10.6. The molecule has 1 aromatic carbocycles. The monoisotopic (exact) mass is 396 g/mol. The van der Waals surface area contributed by atoms with Crippen molar-refractivity contribution in [3.05, 3.63) is 51.9 Å². The van der Waals surface area contributed by atoms with Gasteiger partial charge in [0.2, 0.25) is 0 Å². The van der Waals surface area contributed by atoms with Crippen LogP contribution in [0.25, 0.3) is 0 Å². The predicted molar refractivity (Wildman–Crippen MR) is 125 cm³/mol. The smallest absolute Gasteiger partial charge is 0.120 e. The molecule has 1 aliphatic carbocycles. The maximum atomic E-state index is 3.85. The first-order valence-corrected chi connectivity index (χ1v) is 11.5. The molecule has 0 fully saturated rings. The zero-order valence-corrected chi connectivity index (χ0v) is 19.1. The fourth-order valence-corrected chi connectivity index (χ4v) is 4.69. The maximum Gasteiger partial charge on any atom is 0.120 e. The molecule has 1 unspecified atom stereocenters. The Kier molecular flexibility index (Phi) is 7.65. The molecule has 0 aromatic heterocycles. The van der Waals surface area contributed by atoms with Gasteiger partial charge in [0.15, 0.2) is 0 Å². The quantitative estimate of drug-likeness (QED) is 0.506. The molecule has 0 saturated heterocycles. The minimum atomic E-state index is 0.185. The lowest BCUT2D eigenvalue weighted by atomic mass is 9.96. The second-order valence-corrected chi connectivity index (χ2v) is 8.52. The lowest BCUT2D eigenvalue weighted by Gasteiger charge is -2.36. The minimum absolute atomic E-state index is 0.185. The molecule has 1 heterocycles. The van der Waals surface area contributed by atoms with Crippen LogP contribution in [0.4, 0.5) is 5.69 Å². The van der Waals surface area contributed by atoms with Gasteiger partial charge in [0.05, 0.1) is 0 Å². The number of nitrogens with one attached hydrogen (secondary N) is 3. The maximum absolute atomic E-state index is 3.85. The Morgan fingerprint density at radius 2 is 1.86 bits per heavy atom. The highest BCUT2D eigenvalue weighted by molar-refractivity contribution is 5.60.